The number of hydrogen-bond acceptors (Lipinski definition) is 4. The standard InChI is InChI=1S/C12H18N2O3S/c1-17-12-7-8-14(9-12)11-5-3-10(4-6-11)13-18(2,15)16/h3-6,12-13H,7-9H2,1-2H3. The van der Waals surface area contributed by atoms with Gasteiger partial charge in [-0.1, -0.05) is 0 Å². The van der Waals surface area contributed by atoms with Crippen molar-refractivity contribution in [2.75, 3.05) is 36.1 Å². The van der Waals surface area contributed by atoms with Crippen LogP contribution in [0.3, 0.4) is 0 Å². The largest absolute Gasteiger partial charge is 0.380 e. The normalized spacial score (nSPS) is 20.1. The molecule has 18 heavy (non-hydrogen) atoms. The molecule has 1 heterocycles. The molecule has 1 unspecified atom stereocenters. The Morgan fingerprint density at radius 1 is 1.33 bits per heavy atom. The minimum absolute atomic E-state index is 0.291. The summed E-state index contributed by atoms with van der Waals surface area (Å²) in [7, 11) is -1.48. The zero-order chi connectivity index (χ0) is 13.2. The van der Waals surface area contributed by atoms with Crippen molar-refractivity contribution in [3.05, 3.63) is 24.3 Å². The molecular weight excluding hydrogens is 252 g/mol. The zero-order valence-electron chi connectivity index (χ0n) is 10.6. The Hall–Kier alpha value is -1.27. The SMILES string of the molecule is COC1CCN(c2ccc(NS(C)(=O)=O)cc2)C1. The summed E-state index contributed by atoms with van der Waals surface area (Å²) in [4.78, 5) is 2.23. The number of ether oxygens (including phenoxy) is 1. The Morgan fingerprint density at radius 2 is 2.00 bits per heavy atom. The number of sulfonamides is 1. The lowest BCUT2D eigenvalue weighted by Gasteiger charge is -2.18. The first-order valence-electron chi connectivity index (χ1n) is 5.83. The van der Waals surface area contributed by atoms with Crippen molar-refractivity contribution >= 4 is 21.4 Å². The van der Waals surface area contributed by atoms with Crippen molar-refractivity contribution in [3.63, 3.8) is 0 Å². The second-order valence-corrected chi connectivity index (χ2v) is 6.26. The van der Waals surface area contributed by atoms with Crippen LogP contribution in [0.15, 0.2) is 24.3 Å². The molecule has 0 radical (unpaired) electrons. The van der Waals surface area contributed by atoms with Crippen LogP contribution in [-0.4, -0.2) is 41.0 Å². The van der Waals surface area contributed by atoms with Gasteiger partial charge in [0, 0.05) is 31.6 Å². The van der Waals surface area contributed by atoms with E-state index < -0.39 is 10.0 Å². The number of nitrogens with zero attached hydrogens (tertiary/aromatic N) is 1. The Balaban J connectivity index is 2.04. The second-order valence-electron chi connectivity index (χ2n) is 4.51. The highest BCUT2D eigenvalue weighted by molar-refractivity contribution is 7.92. The van der Waals surface area contributed by atoms with E-state index in [0.29, 0.717) is 11.8 Å². The van der Waals surface area contributed by atoms with Gasteiger partial charge in [-0.05, 0) is 30.7 Å². The van der Waals surface area contributed by atoms with Gasteiger partial charge in [0.25, 0.3) is 0 Å². The first-order valence-corrected chi connectivity index (χ1v) is 7.72. The number of benzene rings is 1. The topological polar surface area (TPSA) is 58.6 Å². The smallest absolute Gasteiger partial charge is 0.229 e. The second kappa shape index (κ2) is 5.16. The average molecular weight is 270 g/mol. The molecule has 0 amide bonds. The molecule has 100 valence electrons. The van der Waals surface area contributed by atoms with Crippen LogP contribution in [0.1, 0.15) is 6.42 Å². The van der Waals surface area contributed by atoms with Crippen molar-refractivity contribution in [3.8, 4) is 0 Å². The van der Waals surface area contributed by atoms with E-state index in [9.17, 15) is 8.42 Å². The van der Waals surface area contributed by atoms with Gasteiger partial charge in [0.2, 0.25) is 10.0 Å². The molecule has 1 fully saturated rings. The monoisotopic (exact) mass is 270 g/mol. The van der Waals surface area contributed by atoms with E-state index in [-0.39, 0.29) is 0 Å². The van der Waals surface area contributed by atoms with Gasteiger partial charge >= 0.3 is 0 Å². The molecule has 1 aliphatic rings. The summed E-state index contributed by atoms with van der Waals surface area (Å²) < 4.78 is 29.9. The highest BCUT2D eigenvalue weighted by Gasteiger charge is 2.21. The van der Waals surface area contributed by atoms with Crippen molar-refractivity contribution < 1.29 is 13.2 Å². The Kier molecular flexibility index (Phi) is 3.77. The molecule has 6 heteroatoms. The number of methoxy groups -OCH3 is 1. The summed E-state index contributed by atoms with van der Waals surface area (Å²) in [6.45, 7) is 1.85. The fourth-order valence-corrected chi connectivity index (χ4v) is 2.67. The first-order chi connectivity index (χ1) is 8.48. The number of nitrogens with one attached hydrogen (secondary N) is 1. The number of anilines is 2. The molecule has 1 aliphatic heterocycles. The highest BCUT2D eigenvalue weighted by atomic mass is 32.2. The molecule has 1 saturated heterocycles. The molecule has 1 atom stereocenters. The van der Waals surface area contributed by atoms with Gasteiger partial charge in [0.05, 0.1) is 12.4 Å². The molecule has 5 nitrogen and oxygen atoms in total. The highest BCUT2D eigenvalue weighted by Crippen LogP contribution is 2.23. The van der Waals surface area contributed by atoms with E-state index in [1.165, 1.54) is 0 Å². The molecule has 0 spiro atoms. The van der Waals surface area contributed by atoms with Crippen LogP contribution in [0.2, 0.25) is 0 Å². The zero-order valence-corrected chi connectivity index (χ0v) is 11.4. The van der Waals surface area contributed by atoms with E-state index in [4.69, 9.17) is 4.74 Å². The molecule has 0 aliphatic carbocycles. The van der Waals surface area contributed by atoms with Crippen molar-refractivity contribution in [2.24, 2.45) is 0 Å². The fraction of sp³-hybridized carbons (Fsp3) is 0.500. The van der Waals surface area contributed by atoms with E-state index >= 15 is 0 Å². The third-order valence-corrected chi connectivity index (χ3v) is 3.62. The molecule has 1 aromatic carbocycles. The van der Waals surface area contributed by atoms with Gasteiger partial charge in [-0.25, -0.2) is 8.42 Å². The third-order valence-electron chi connectivity index (χ3n) is 3.01. The minimum atomic E-state index is -3.21. The van der Waals surface area contributed by atoms with Gasteiger partial charge in [-0.3, -0.25) is 4.72 Å². The lowest BCUT2D eigenvalue weighted by Crippen LogP contribution is -2.22. The predicted octanol–water partition coefficient (Wildman–Crippen LogP) is 1.28. The first kappa shape index (κ1) is 13.2. The summed E-state index contributed by atoms with van der Waals surface area (Å²) in [6.07, 6.45) is 2.46. The van der Waals surface area contributed by atoms with E-state index in [0.717, 1.165) is 31.5 Å². The number of rotatable bonds is 4. The Morgan fingerprint density at radius 3 is 2.50 bits per heavy atom. The summed E-state index contributed by atoms with van der Waals surface area (Å²) >= 11 is 0. The number of hydrogen-bond donors (Lipinski definition) is 1. The summed E-state index contributed by atoms with van der Waals surface area (Å²) in [6, 6.07) is 7.39. The molecule has 0 saturated carbocycles. The van der Waals surface area contributed by atoms with Gasteiger partial charge in [-0.15, -0.1) is 0 Å². The van der Waals surface area contributed by atoms with Gasteiger partial charge in [0.1, 0.15) is 0 Å². The van der Waals surface area contributed by atoms with Crippen LogP contribution in [0.5, 0.6) is 0 Å². The quantitative estimate of drug-likeness (QED) is 0.895. The Labute approximate surface area is 108 Å². The van der Waals surface area contributed by atoms with Crippen molar-refractivity contribution in [1.82, 2.24) is 0 Å². The lowest BCUT2D eigenvalue weighted by atomic mass is 10.2. The van der Waals surface area contributed by atoms with E-state index in [2.05, 4.69) is 9.62 Å². The maximum Gasteiger partial charge on any atom is 0.229 e. The van der Waals surface area contributed by atoms with Crippen LogP contribution in [0, 0.1) is 0 Å². The molecule has 1 aromatic rings. The average Bonchev–Trinajstić information content (AvgIpc) is 2.76. The van der Waals surface area contributed by atoms with Gasteiger partial charge < -0.3 is 9.64 Å². The maximum absolute atomic E-state index is 11.1. The van der Waals surface area contributed by atoms with Crippen molar-refractivity contribution in [1.29, 1.82) is 0 Å². The van der Waals surface area contributed by atoms with Crippen LogP contribution in [0.25, 0.3) is 0 Å². The summed E-state index contributed by atoms with van der Waals surface area (Å²) in [5.74, 6) is 0. The minimum Gasteiger partial charge on any atom is -0.380 e. The maximum atomic E-state index is 11.1. The van der Waals surface area contributed by atoms with Gasteiger partial charge in [0.15, 0.2) is 0 Å². The Bertz CT molecular complexity index is 499. The fourth-order valence-electron chi connectivity index (χ4n) is 2.11. The lowest BCUT2D eigenvalue weighted by molar-refractivity contribution is 0.121. The van der Waals surface area contributed by atoms with Crippen LogP contribution in [-0.2, 0) is 14.8 Å². The summed E-state index contributed by atoms with van der Waals surface area (Å²) in [5, 5.41) is 0. The predicted molar refractivity (Wildman–Crippen MR) is 72.5 cm³/mol. The third kappa shape index (κ3) is 3.36. The molecule has 1 N–H and O–H groups in total. The molecule has 0 aromatic heterocycles. The molecule has 2 rings (SSSR count). The van der Waals surface area contributed by atoms with Crippen LogP contribution in [0.4, 0.5) is 11.4 Å². The van der Waals surface area contributed by atoms with E-state index in [1.54, 1.807) is 19.2 Å². The summed E-state index contributed by atoms with van der Waals surface area (Å²) in [5.41, 5.74) is 1.68. The van der Waals surface area contributed by atoms with Crippen LogP contribution < -0.4 is 9.62 Å². The van der Waals surface area contributed by atoms with E-state index in [1.807, 2.05) is 12.1 Å². The molecule has 0 bridgehead atoms. The van der Waals surface area contributed by atoms with Crippen LogP contribution >= 0.6 is 0 Å². The van der Waals surface area contributed by atoms with Crippen molar-refractivity contribution in [2.45, 2.75) is 12.5 Å². The van der Waals surface area contributed by atoms with Gasteiger partial charge in [-0.2, -0.15) is 0 Å². The molecular formula is C12H18N2O3S.